The summed E-state index contributed by atoms with van der Waals surface area (Å²) < 4.78 is 1.47. The Balaban J connectivity index is 1.56. The molecule has 0 radical (unpaired) electrons. The van der Waals surface area contributed by atoms with Crippen molar-refractivity contribution in [2.45, 2.75) is 72.4 Å². The van der Waals surface area contributed by atoms with Crippen LogP contribution < -0.4 is 5.32 Å². The van der Waals surface area contributed by atoms with Gasteiger partial charge in [-0.15, -0.1) is 5.10 Å². The fraction of sp³-hybridized carbons (Fsp3) is 0.333. The molecule has 1 atom stereocenters. The van der Waals surface area contributed by atoms with E-state index in [1.807, 2.05) is 42.5 Å². The van der Waals surface area contributed by atoms with Gasteiger partial charge in [-0.05, 0) is 70.6 Å². The largest absolute Gasteiger partial charge is 0.480 e. The molecular formula is C33H40N4O3. The summed E-state index contributed by atoms with van der Waals surface area (Å²) in [7, 11) is 0. The van der Waals surface area contributed by atoms with Crippen molar-refractivity contribution in [2.75, 3.05) is 0 Å². The van der Waals surface area contributed by atoms with Crippen molar-refractivity contribution in [2.24, 2.45) is 0 Å². The number of aromatic nitrogens is 3. The highest BCUT2D eigenvalue weighted by molar-refractivity contribution is 6.02. The number of benzene rings is 2. The Morgan fingerprint density at radius 1 is 0.900 bits per heavy atom. The average molecular weight is 541 g/mol. The first-order chi connectivity index (χ1) is 19.2. The Kier molecular flexibility index (Phi) is 11.6. The van der Waals surface area contributed by atoms with E-state index in [1.165, 1.54) is 21.4 Å². The summed E-state index contributed by atoms with van der Waals surface area (Å²) in [5.74, 6) is -1.59. The number of aliphatic carboxylic acids is 1. The fourth-order valence-electron chi connectivity index (χ4n) is 4.30. The molecule has 0 fully saturated rings. The molecule has 0 aliphatic carbocycles. The lowest BCUT2D eigenvalue weighted by molar-refractivity contribution is -0.139. The second-order valence-electron chi connectivity index (χ2n) is 10.4. The van der Waals surface area contributed by atoms with Crippen LogP contribution in [-0.4, -0.2) is 38.0 Å². The van der Waals surface area contributed by atoms with Gasteiger partial charge in [0.2, 0.25) is 0 Å². The molecule has 1 heterocycles. The number of carbonyl (C=O) groups excluding carboxylic acids is 1. The zero-order valence-electron chi connectivity index (χ0n) is 23.9. The van der Waals surface area contributed by atoms with Gasteiger partial charge < -0.3 is 10.4 Å². The maximum absolute atomic E-state index is 13.1. The number of rotatable bonds is 14. The molecule has 0 spiro atoms. The average Bonchev–Trinajstić information content (AvgIpc) is 3.39. The van der Waals surface area contributed by atoms with Crippen LogP contribution in [0.25, 0.3) is 11.1 Å². The third-order valence-electron chi connectivity index (χ3n) is 6.60. The Morgan fingerprint density at radius 3 is 2.25 bits per heavy atom. The lowest BCUT2D eigenvalue weighted by atomic mass is 9.99. The predicted molar refractivity (Wildman–Crippen MR) is 160 cm³/mol. The lowest BCUT2D eigenvalue weighted by Gasteiger charge is -2.16. The van der Waals surface area contributed by atoms with Crippen LogP contribution in [0.1, 0.15) is 69.4 Å². The van der Waals surface area contributed by atoms with E-state index in [4.69, 9.17) is 0 Å². The van der Waals surface area contributed by atoms with Gasteiger partial charge in [0.1, 0.15) is 6.04 Å². The van der Waals surface area contributed by atoms with Crippen LogP contribution in [0.5, 0.6) is 0 Å². The second kappa shape index (κ2) is 15.4. The molecule has 0 bridgehead atoms. The summed E-state index contributed by atoms with van der Waals surface area (Å²) in [6, 6.07) is 15.5. The van der Waals surface area contributed by atoms with Crippen LogP contribution >= 0.6 is 0 Å². The van der Waals surface area contributed by atoms with E-state index in [0.717, 1.165) is 42.5 Å². The molecule has 7 heteroatoms. The maximum atomic E-state index is 13.1. The summed E-state index contributed by atoms with van der Waals surface area (Å²) in [6.45, 7) is 8.52. The smallest absolute Gasteiger partial charge is 0.328 e. The molecule has 0 aliphatic rings. The van der Waals surface area contributed by atoms with Gasteiger partial charge in [0.05, 0.1) is 12.2 Å². The lowest BCUT2D eigenvalue weighted by Crippen LogP contribution is -2.44. The van der Waals surface area contributed by atoms with Crippen molar-refractivity contribution >= 4 is 11.9 Å². The summed E-state index contributed by atoms with van der Waals surface area (Å²) in [5.41, 5.74) is 6.83. The van der Waals surface area contributed by atoms with E-state index in [2.05, 4.69) is 61.6 Å². The normalized spacial score (nSPS) is 12.6. The molecular weight excluding hydrogens is 500 g/mol. The third kappa shape index (κ3) is 9.80. The second-order valence-corrected chi connectivity index (χ2v) is 10.4. The predicted octanol–water partition coefficient (Wildman–Crippen LogP) is 6.79. The number of nitrogens with zero attached hydrogens (tertiary/aromatic N) is 3. The molecule has 210 valence electrons. The number of allylic oxidation sites excluding steroid dienone is 6. The molecule has 0 aliphatic heterocycles. The summed E-state index contributed by atoms with van der Waals surface area (Å²) >= 11 is 0. The highest BCUT2D eigenvalue weighted by atomic mass is 16.4. The third-order valence-corrected chi connectivity index (χ3v) is 6.60. The van der Waals surface area contributed by atoms with E-state index >= 15 is 0 Å². The van der Waals surface area contributed by atoms with Crippen LogP contribution in [0.2, 0.25) is 0 Å². The summed E-state index contributed by atoms with van der Waals surface area (Å²) in [6.07, 6.45) is 13.2. The Hall–Kier alpha value is -4.26. The minimum Gasteiger partial charge on any atom is -0.480 e. The zero-order valence-corrected chi connectivity index (χ0v) is 23.9. The van der Waals surface area contributed by atoms with Gasteiger partial charge in [-0.2, -0.15) is 0 Å². The Morgan fingerprint density at radius 2 is 1.55 bits per heavy atom. The van der Waals surface area contributed by atoms with Crippen molar-refractivity contribution in [3.8, 4) is 11.1 Å². The quantitative estimate of drug-likeness (QED) is 0.219. The molecule has 0 saturated carbocycles. The fourth-order valence-corrected chi connectivity index (χ4v) is 4.30. The number of hydrogen-bond acceptors (Lipinski definition) is 4. The topological polar surface area (TPSA) is 97.1 Å². The molecule has 0 unspecified atom stereocenters. The molecule has 40 heavy (non-hydrogen) atoms. The van der Waals surface area contributed by atoms with Crippen molar-refractivity contribution in [1.29, 1.82) is 0 Å². The van der Waals surface area contributed by atoms with E-state index in [-0.39, 0.29) is 6.54 Å². The van der Waals surface area contributed by atoms with Crippen molar-refractivity contribution in [3.63, 3.8) is 0 Å². The van der Waals surface area contributed by atoms with E-state index < -0.39 is 17.9 Å². The summed E-state index contributed by atoms with van der Waals surface area (Å²) in [5, 5.41) is 20.7. The zero-order chi connectivity index (χ0) is 28.9. The van der Waals surface area contributed by atoms with Crippen molar-refractivity contribution in [1.82, 2.24) is 20.3 Å². The van der Waals surface area contributed by atoms with Crippen LogP contribution in [0.3, 0.4) is 0 Å². The van der Waals surface area contributed by atoms with Gasteiger partial charge in [0, 0.05) is 18.2 Å². The van der Waals surface area contributed by atoms with Gasteiger partial charge >= 0.3 is 5.97 Å². The minimum atomic E-state index is -1.16. The summed E-state index contributed by atoms with van der Waals surface area (Å²) in [4.78, 5) is 25.1. The Bertz CT molecular complexity index is 1370. The highest BCUT2D eigenvalue weighted by Crippen LogP contribution is 2.23. The van der Waals surface area contributed by atoms with Gasteiger partial charge in [-0.25, -0.2) is 9.48 Å². The molecule has 7 nitrogen and oxygen atoms in total. The van der Waals surface area contributed by atoms with Crippen LogP contribution in [-0.2, 0) is 17.8 Å². The highest BCUT2D eigenvalue weighted by Gasteiger charge is 2.23. The van der Waals surface area contributed by atoms with E-state index in [0.29, 0.717) is 12.0 Å². The molecule has 2 N–H and O–H groups in total. The number of hydrogen-bond donors (Lipinski definition) is 2. The monoisotopic (exact) mass is 540 g/mol. The van der Waals surface area contributed by atoms with Crippen LogP contribution in [0.4, 0.5) is 0 Å². The standard InChI is InChI=1S/C33H40N4O3/c1-24(2)12-10-13-25(3)14-11-15-26(4)20-21-28-22-37(36-35-28)23-31(33(39)40)34-32(38)30-19-9-8-18-29(30)27-16-6-5-7-17-27/h5-9,12,14,16-20,22,31H,10-11,13,15,21,23H2,1-4H3,(H,34,38)(H,39,40)/b25-14+,26-20+/t31-/m0/s1. The SMILES string of the molecule is CC(C)=CCC/C(C)=C/CC/C(C)=C/Cc1cn(C[C@H](NC(=O)c2ccccc2-c2ccccc2)C(=O)O)nn1. The van der Waals surface area contributed by atoms with E-state index in [1.54, 1.807) is 18.3 Å². The first-order valence-corrected chi connectivity index (χ1v) is 13.7. The number of carboxylic acid groups (broad SMARTS) is 1. The number of carboxylic acids is 1. The van der Waals surface area contributed by atoms with Crippen LogP contribution in [0, 0.1) is 0 Å². The molecule has 0 saturated heterocycles. The minimum absolute atomic E-state index is 0.0267. The first-order valence-electron chi connectivity index (χ1n) is 13.7. The molecule has 1 amide bonds. The Labute approximate surface area is 237 Å². The molecule has 2 aromatic carbocycles. The molecule has 3 rings (SSSR count). The van der Waals surface area contributed by atoms with Gasteiger partial charge in [0.25, 0.3) is 5.91 Å². The number of amides is 1. The number of carbonyl (C=O) groups is 2. The van der Waals surface area contributed by atoms with Crippen molar-refractivity contribution in [3.05, 3.63) is 107 Å². The van der Waals surface area contributed by atoms with Gasteiger partial charge in [0.15, 0.2) is 0 Å². The molecule has 1 aromatic heterocycles. The van der Waals surface area contributed by atoms with E-state index in [9.17, 15) is 14.7 Å². The molecule has 3 aromatic rings. The van der Waals surface area contributed by atoms with Crippen LogP contribution in [0.15, 0.2) is 95.7 Å². The van der Waals surface area contributed by atoms with Gasteiger partial charge in [-0.1, -0.05) is 88.7 Å². The number of nitrogens with one attached hydrogen (secondary N) is 1. The maximum Gasteiger partial charge on any atom is 0.328 e. The van der Waals surface area contributed by atoms with Gasteiger partial charge in [-0.3, -0.25) is 4.79 Å². The first kappa shape index (κ1) is 30.3. The van der Waals surface area contributed by atoms with Crippen molar-refractivity contribution < 1.29 is 14.7 Å².